The topological polar surface area (TPSA) is 78.3 Å². The van der Waals surface area contributed by atoms with Gasteiger partial charge in [-0.2, -0.15) is 13.2 Å². The molecule has 0 aliphatic heterocycles. The minimum atomic E-state index is -4.53. The summed E-state index contributed by atoms with van der Waals surface area (Å²) in [5.74, 6) is 1.95. The van der Waals surface area contributed by atoms with Crippen LogP contribution in [0.3, 0.4) is 0 Å². The van der Waals surface area contributed by atoms with Crippen LogP contribution < -0.4 is 4.74 Å². The fourth-order valence-electron chi connectivity index (χ4n) is 3.72. The molecule has 0 saturated carbocycles. The number of hydrogen-bond acceptors (Lipinski definition) is 7. The minimum Gasteiger partial charge on any atom is -0.486 e. The molecular formula is C23H13ClF3N5O2S. The van der Waals surface area contributed by atoms with Crippen LogP contribution in [0.25, 0.3) is 37.7 Å². The van der Waals surface area contributed by atoms with Crippen molar-refractivity contribution < 1.29 is 22.3 Å². The van der Waals surface area contributed by atoms with Crippen molar-refractivity contribution in [2.45, 2.75) is 19.7 Å². The monoisotopic (exact) mass is 515 g/mol. The van der Waals surface area contributed by atoms with Gasteiger partial charge in [-0.1, -0.05) is 11.6 Å². The predicted octanol–water partition coefficient (Wildman–Crippen LogP) is 6.71. The van der Waals surface area contributed by atoms with E-state index in [1.807, 2.05) is 0 Å². The van der Waals surface area contributed by atoms with E-state index in [-0.39, 0.29) is 11.4 Å². The molecule has 7 nitrogen and oxygen atoms in total. The van der Waals surface area contributed by atoms with Crippen molar-refractivity contribution >= 4 is 49.0 Å². The molecule has 0 fully saturated rings. The molecule has 35 heavy (non-hydrogen) atoms. The second-order valence-corrected chi connectivity index (χ2v) is 9.17. The molecule has 6 aromatic rings. The molecule has 12 heteroatoms. The molecule has 0 N–H and O–H groups in total. The number of alkyl halides is 3. The summed E-state index contributed by atoms with van der Waals surface area (Å²) in [5.41, 5.74) is 0.501. The Kier molecular flexibility index (Phi) is 4.94. The molecule has 0 aliphatic rings. The molecule has 1 aromatic carbocycles. The van der Waals surface area contributed by atoms with Gasteiger partial charge in [0.2, 0.25) is 5.82 Å². The minimum absolute atomic E-state index is 0.198. The number of thiophene rings is 1. The van der Waals surface area contributed by atoms with Gasteiger partial charge in [0.05, 0.1) is 5.52 Å². The van der Waals surface area contributed by atoms with E-state index in [1.54, 1.807) is 43.3 Å². The summed E-state index contributed by atoms with van der Waals surface area (Å²) in [6, 6.07) is 11.5. The van der Waals surface area contributed by atoms with Crippen molar-refractivity contribution in [3.8, 4) is 17.3 Å². The van der Waals surface area contributed by atoms with Gasteiger partial charge in [0.25, 0.3) is 0 Å². The third-order valence-electron chi connectivity index (χ3n) is 5.33. The van der Waals surface area contributed by atoms with Gasteiger partial charge in [-0.3, -0.25) is 0 Å². The maximum absolute atomic E-state index is 13.2. The van der Waals surface area contributed by atoms with Gasteiger partial charge in [0, 0.05) is 10.4 Å². The lowest BCUT2D eigenvalue weighted by atomic mass is 10.1. The van der Waals surface area contributed by atoms with E-state index in [0.717, 1.165) is 17.4 Å². The van der Waals surface area contributed by atoms with Gasteiger partial charge in [0.15, 0.2) is 11.4 Å². The zero-order chi connectivity index (χ0) is 24.3. The van der Waals surface area contributed by atoms with Crippen molar-refractivity contribution in [3.05, 3.63) is 70.8 Å². The first kappa shape index (κ1) is 21.8. The number of aryl methyl sites for hydroxylation is 1. The van der Waals surface area contributed by atoms with Crippen LogP contribution in [0, 0.1) is 6.92 Å². The first-order chi connectivity index (χ1) is 16.8. The van der Waals surface area contributed by atoms with E-state index in [1.165, 1.54) is 10.8 Å². The Morgan fingerprint density at radius 3 is 2.69 bits per heavy atom. The molecular weight excluding hydrogens is 503 g/mol. The van der Waals surface area contributed by atoms with Crippen LogP contribution in [0.15, 0.2) is 53.2 Å². The lowest BCUT2D eigenvalue weighted by molar-refractivity contribution is -0.141. The highest BCUT2D eigenvalue weighted by Crippen LogP contribution is 2.38. The zero-order valence-electron chi connectivity index (χ0n) is 17.8. The van der Waals surface area contributed by atoms with Crippen LogP contribution in [0.4, 0.5) is 13.2 Å². The van der Waals surface area contributed by atoms with E-state index in [0.29, 0.717) is 54.9 Å². The summed E-state index contributed by atoms with van der Waals surface area (Å²) < 4.78 is 53.3. The van der Waals surface area contributed by atoms with Crippen molar-refractivity contribution in [2.24, 2.45) is 0 Å². The van der Waals surface area contributed by atoms with Gasteiger partial charge in [0.1, 0.15) is 39.7 Å². The first-order valence-electron chi connectivity index (χ1n) is 10.3. The number of ether oxygens (including phenoxy) is 1. The van der Waals surface area contributed by atoms with E-state index < -0.39 is 11.9 Å². The molecule has 176 valence electrons. The maximum atomic E-state index is 13.2. The number of benzene rings is 1. The normalized spacial score (nSPS) is 12.3. The molecule has 0 bridgehead atoms. The van der Waals surface area contributed by atoms with Crippen LogP contribution in [-0.2, 0) is 12.8 Å². The molecule has 0 amide bonds. The van der Waals surface area contributed by atoms with Crippen LogP contribution in [0.5, 0.6) is 5.75 Å². The fourth-order valence-corrected chi connectivity index (χ4v) is 5.03. The Labute approximate surface area is 203 Å². The van der Waals surface area contributed by atoms with Gasteiger partial charge in [-0.25, -0.2) is 19.5 Å². The highest BCUT2D eigenvalue weighted by Gasteiger charge is 2.33. The third-order valence-corrected chi connectivity index (χ3v) is 6.65. The smallest absolute Gasteiger partial charge is 0.433 e. The van der Waals surface area contributed by atoms with E-state index in [9.17, 15) is 13.2 Å². The Balaban J connectivity index is 1.36. The largest absolute Gasteiger partial charge is 0.486 e. The summed E-state index contributed by atoms with van der Waals surface area (Å²) in [5, 5.41) is 5.61. The van der Waals surface area contributed by atoms with Gasteiger partial charge < -0.3 is 9.15 Å². The number of hydrogen-bond donors (Lipinski definition) is 0. The molecule has 0 spiro atoms. The SMILES string of the molecule is Cc1cc(C(F)(F)F)nc2sc3c(ncn4nc(-c5ccc(COc6ccc(Cl)cc6)o5)nc34)c12. The second kappa shape index (κ2) is 7.92. The predicted molar refractivity (Wildman–Crippen MR) is 125 cm³/mol. The Hall–Kier alpha value is -3.70. The number of aromatic nitrogens is 5. The standard InChI is InChI=1S/C23H13ClF3N5O2S/c1-11-8-16(23(25,26)27)29-22-17(11)18-19(35-22)21-30-20(31-32(21)10-28-18)15-7-6-14(34-15)9-33-13-4-2-12(24)3-5-13/h2-8,10H,9H2,1H3. The van der Waals surface area contributed by atoms with Gasteiger partial charge >= 0.3 is 6.18 Å². The van der Waals surface area contributed by atoms with Crippen molar-refractivity contribution in [1.82, 2.24) is 24.6 Å². The Morgan fingerprint density at radius 1 is 1.11 bits per heavy atom. The zero-order valence-corrected chi connectivity index (χ0v) is 19.4. The molecule has 0 aliphatic carbocycles. The summed E-state index contributed by atoms with van der Waals surface area (Å²) in [6.07, 6.45) is -3.06. The molecule has 0 unspecified atom stereocenters. The lowest BCUT2D eigenvalue weighted by Gasteiger charge is -2.06. The first-order valence-corrected chi connectivity index (χ1v) is 11.5. The number of fused-ring (bicyclic) bond motifs is 5. The summed E-state index contributed by atoms with van der Waals surface area (Å²) in [7, 11) is 0. The molecule has 0 atom stereocenters. The Morgan fingerprint density at radius 2 is 1.91 bits per heavy atom. The summed E-state index contributed by atoms with van der Waals surface area (Å²) in [4.78, 5) is 13.1. The fraction of sp³-hybridized carbons (Fsp3) is 0.130. The number of pyridine rings is 1. The third kappa shape index (κ3) is 3.86. The van der Waals surface area contributed by atoms with Crippen LogP contribution in [-0.4, -0.2) is 24.6 Å². The van der Waals surface area contributed by atoms with Crippen LogP contribution in [0.2, 0.25) is 5.02 Å². The number of nitrogens with zero attached hydrogens (tertiary/aromatic N) is 5. The molecule has 0 radical (unpaired) electrons. The number of halogens is 4. The lowest BCUT2D eigenvalue weighted by Crippen LogP contribution is -2.07. The van der Waals surface area contributed by atoms with Crippen LogP contribution >= 0.6 is 22.9 Å². The average Bonchev–Trinajstić information content (AvgIpc) is 3.53. The average molecular weight is 516 g/mol. The maximum Gasteiger partial charge on any atom is 0.433 e. The molecule has 6 rings (SSSR count). The Bertz CT molecular complexity index is 1720. The highest BCUT2D eigenvalue weighted by atomic mass is 35.5. The summed E-state index contributed by atoms with van der Waals surface area (Å²) >= 11 is 6.98. The molecule has 0 saturated heterocycles. The van der Waals surface area contributed by atoms with Crippen molar-refractivity contribution in [2.75, 3.05) is 0 Å². The highest BCUT2D eigenvalue weighted by molar-refractivity contribution is 7.26. The van der Waals surface area contributed by atoms with Crippen molar-refractivity contribution in [1.29, 1.82) is 0 Å². The number of rotatable bonds is 4. The molecule has 5 heterocycles. The van der Waals surface area contributed by atoms with Gasteiger partial charge in [-0.05, 0) is 55.0 Å². The summed E-state index contributed by atoms with van der Waals surface area (Å²) in [6.45, 7) is 1.81. The molecule has 5 aromatic heterocycles. The van der Waals surface area contributed by atoms with E-state index >= 15 is 0 Å². The number of furan rings is 1. The quantitative estimate of drug-likeness (QED) is 0.260. The van der Waals surface area contributed by atoms with E-state index in [4.69, 9.17) is 20.8 Å². The van der Waals surface area contributed by atoms with Gasteiger partial charge in [-0.15, -0.1) is 16.4 Å². The van der Waals surface area contributed by atoms with Crippen LogP contribution in [0.1, 0.15) is 17.0 Å². The second-order valence-electron chi connectivity index (χ2n) is 7.74. The van der Waals surface area contributed by atoms with Crippen molar-refractivity contribution in [3.63, 3.8) is 0 Å². The van der Waals surface area contributed by atoms with E-state index in [2.05, 4.69) is 20.1 Å².